The minimum Gasteiger partial charge on any atom is -0.392 e. The molecular weight excluding hydrogens is 222 g/mol. The average molecular weight is 240 g/mol. The Morgan fingerprint density at radius 1 is 1.50 bits per heavy atom. The van der Waals surface area contributed by atoms with Crippen LogP contribution in [-0.2, 0) is 0 Å². The predicted octanol–water partition coefficient (Wildman–Crippen LogP) is 2.76. The molecule has 0 saturated heterocycles. The summed E-state index contributed by atoms with van der Waals surface area (Å²) < 4.78 is 0. The zero-order valence-corrected chi connectivity index (χ0v) is 10.2. The van der Waals surface area contributed by atoms with Gasteiger partial charge >= 0.3 is 0 Å². The first-order valence-electron chi connectivity index (χ1n) is 5.83. The third-order valence-corrected chi connectivity index (χ3v) is 3.38. The van der Waals surface area contributed by atoms with Gasteiger partial charge in [-0.15, -0.1) is 0 Å². The molecule has 2 atom stereocenters. The van der Waals surface area contributed by atoms with Crippen LogP contribution in [0.2, 0.25) is 5.02 Å². The zero-order valence-electron chi connectivity index (χ0n) is 9.49. The molecule has 2 N–H and O–H groups in total. The molecule has 0 radical (unpaired) electrons. The van der Waals surface area contributed by atoms with Gasteiger partial charge in [0.1, 0.15) is 0 Å². The van der Waals surface area contributed by atoms with Crippen LogP contribution in [0.4, 0.5) is 0 Å². The molecule has 2 rings (SSSR count). The molecule has 0 aromatic heterocycles. The number of rotatable bonds is 5. The first-order chi connectivity index (χ1) is 7.66. The minimum absolute atomic E-state index is 0.193. The van der Waals surface area contributed by atoms with E-state index in [1.54, 1.807) is 0 Å². The van der Waals surface area contributed by atoms with Crippen LogP contribution in [0.15, 0.2) is 24.3 Å². The highest BCUT2D eigenvalue weighted by Crippen LogP contribution is 2.32. The van der Waals surface area contributed by atoms with Gasteiger partial charge in [-0.05, 0) is 43.4 Å². The molecule has 0 heterocycles. The van der Waals surface area contributed by atoms with E-state index in [2.05, 4.69) is 12.2 Å². The van der Waals surface area contributed by atoms with Gasteiger partial charge in [0.05, 0.1) is 6.10 Å². The van der Waals surface area contributed by atoms with Gasteiger partial charge in [0.25, 0.3) is 0 Å². The molecule has 0 amide bonds. The highest BCUT2D eigenvalue weighted by atomic mass is 35.5. The van der Waals surface area contributed by atoms with E-state index in [1.165, 1.54) is 12.8 Å². The molecule has 0 bridgehead atoms. The van der Waals surface area contributed by atoms with Crippen molar-refractivity contribution in [1.29, 1.82) is 0 Å². The van der Waals surface area contributed by atoms with Gasteiger partial charge in [-0.2, -0.15) is 0 Å². The maximum absolute atomic E-state index is 9.75. The lowest BCUT2D eigenvalue weighted by atomic mass is 10.1. The van der Waals surface area contributed by atoms with E-state index >= 15 is 0 Å². The van der Waals surface area contributed by atoms with Crippen LogP contribution in [0.25, 0.3) is 0 Å². The van der Waals surface area contributed by atoms with E-state index in [0.29, 0.717) is 12.5 Å². The number of hydrogen-bond donors (Lipinski definition) is 2. The Morgan fingerprint density at radius 3 is 2.88 bits per heavy atom. The predicted molar refractivity (Wildman–Crippen MR) is 66.6 cm³/mol. The summed E-state index contributed by atoms with van der Waals surface area (Å²) in [5, 5.41) is 13.8. The van der Waals surface area contributed by atoms with Crippen molar-refractivity contribution in [2.75, 3.05) is 6.54 Å². The fourth-order valence-corrected chi connectivity index (χ4v) is 2.04. The maximum atomic E-state index is 9.75. The molecule has 16 heavy (non-hydrogen) atoms. The van der Waals surface area contributed by atoms with Gasteiger partial charge in [-0.1, -0.05) is 23.7 Å². The second-order valence-corrected chi connectivity index (χ2v) is 5.03. The SMILES string of the molecule is CC(NCC(O)C1CC1)c1cccc(Cl)c1. The second kappa shape index (κ2) is 5.17. The van der Waals surface area contributed by atoms with Crippen LogP contribution in [0, 0.1) is 5.92 Å². The zero-order chi connectivity index (χ0) is 11.5. The van der Waals surface area contributed by atoms with Crippen LogP contribution < -0.4 is 5.32 Å². The molecule has 1 aromatic carbocycles. The normalized spacial score (nSPS) is 19.4. The summed E-state index contributed by atoms with van der Waals surface area (Å²) in [6.45, 7) is 2.75. The molecule has 1 aliphatic carbocycles. The molecule has 1 aliphatic rings. The summed E-state index contributed by atoms with van der Waals surface area (Å²) in [5.74, 6) is 0.527. The topological polar surface area (TPSA) is 32.3 Å². The summed E-state index contributed by atoms with van der Waals surface area (Å²) in [4.78, 5) is 0. The van der Waals surface area contributed by atoms with Crippen LogP contribution in [0.3, 0.4) is 0 Å². The number of nitrogens with one attached hydrogen (secondary N) is 1. The largest absolute Gasteiger partial charge is 0.392 e. The van der Waals surface area contributed by atoms with E-state index in [9.17, 15) is 5.11 Å². The van der Waals surface area contributed by atoms with Crippen molar-refractivity contribution in [3.05, 3.63) is 34.9 Å². The van der Waals surface area contributed by atoms with Crippen LogP contribution >= 0.6 is 11.6 Å². The second-order valence-electron chi connectivity index (χ2n) is 4.59. The van der Waals surface area contributed by atoms with Crippen molar-refractivity contribution in [2.45, 2.75) is 31.9 Å². The fraction of sp³-hybridized carbons (Fsp3) is 0.538. The van der Waals surface area contributed by atoms with Crippen LogP contribution in [-0.4, -0.2) is 17.8 Å². The van der Waals surface area contributed by atoms with Crippen molar-refractivity contribution >= 4 is 11.6 Å². The molecule has 1 fully saturated rings. The Hall–Kier alpha value is -0.570. The molecule has 1 aromatic rings. The van der Waals surface area contributed by atoms with Crippen LogP contribution in [0.1, 0.15) is 31.4 Å². The number of halogens is 1. The summed E-state index contributed by atoms with van der Waals surface area (Å²) >= 11 is 5.93. The lowest BCUT2D eigenvalue weighted by Gasteiger charge is -2.17. The number of benzene rings is 1. The first kappa shape index (κ1) is 11.9. The first-order valence-corrected chi connectivity index (χ1v) is 6.21. The van der Waals surface area contributed by atoms with Crippen molar-refractivity contribution in [2.24, 2.45) is 5.92 Å². The Balaban J connectivity index is 1.84. The Labute approximate surface area is 102 Å². The number of hydrogen-bond acceptors (Lipinski definition) is 2. The van der Waals surface area contributed by atoms with Crippen molar-refractivity contribution in [3.8, 4) is 0 Å². The standard InChI is InChI=1S/C13H18ClNO/c1-9(11-3-2-4-12(14)7-11)15-8-13(16)10-5-6-10/h2-4,7,9-10,13,15-16H,5-6,8H2,1H3. The van der Waals surface area contributed by atoms with Gasteiger partial charge in [-0.25, -0.2) is 0 Å². The highest BCUT2D eigenvalue weighted by Gasteiger charge is 2.29. The molecule has 0 spiro atoms. The minimum atomic E-state index is -0.193. The average Bonchev–Trinajstić information content (AvgIpc) is 3.09. The van der Waals surface area contributed by atoms with Gasteiger partial charge in [0.2, 0.25) is 0 Å². The summed E-state index contributed by atoms with van der Waals surface area (Å²) in [6, 6.07) is 8.06. The molecule has 3 heteroatoms. The van der Waals surface area contributed by atoms with Crippen molar-refractivity contribution in [1.82, 2.24) is 5.32 Å². The molecule has 1 saturated carbocycles. The van der Waals surface area contributed by atoms with Crippen LogP contribution in [0.5, 0.6) is 0 Å². The van der Waals surface area contributed by atoms with Gasteiger partial charge < -0.3 is 10.4 Å². The van der Waals surface area contributed by atoms with Gasteiger partial charge in [-0.3, -0.25) is 0 Å². The monoisotopic (exact) mass is 239 g/mol. The summed E-state index contributed by atoms with van der Waals surface area (Å²) in [6.07, 6.45) is 2.16. The number of aliphatic hydroxyl groups is 1. The molecule has 0 aliphatic heterocycles. The Morgan fingerprint density at radius 2 is 2.25 bits per heavy atom. The third kappa shape index (κ3) is 3.21. The summed E-state index contributed by atoms with van der Waals surface area (Å²) in [7, 11) is 0. The third-order valence-electron chi connectivity index (χ3n) is 3.15. The van der Waals surface area contributed by atoms with Crippen molar-refractivity contribution in [3.63, 3.8) is 0 Å². The molecule has 88 valence electrons. The number of aliphatic hydroxyl groups excluding tert-OH is 1. The maximum Gasteiger partial charge on any atom is 0.0692 e. The smallest absolute Gasteiger partial charge is 0.0692 e. The lowest BCUT2D eigenvalue weighted by Crippen LogP contribution is -2.30. The quantitative estimate of drug-likeness (QED) is 0.828. The molecule has 2 nitrogen and oxygen atoms in total. The van der Waals surface area contributed by atoms with E-state index < -0.39 is 0 Å². The lowest BCUT2D eigenvalue weighted by molar-refractivity contribution is 0.145. The van der Waals surface area contributed by atoms with Gasteiger partial charge in [0.15, 0.2) is 0 Å². The highest BCUT2D eigenvalue weighted by molar-refractivity contribution is 6.30. The van der Waals surface area contributed by atoms with E-state index in [-0.39, 0.29) is 12.1 Å². The van der Waals surface area contributed by atoms with Gasteiger partial charge in [0, 0.05) is 17.6 Å². The molecule has 2 unspecified atom stereocenters. The molecular formula is C13H18ClNO. The van der Waals surface area contributed by atoms with E-state index in [0.717, 1.165) is 10.6 Å². The van der Waals surface area contributed by atoms with E-state index in [4.69, 9.17) is 11.6 Å². The Kier molecular flexibility index (Phi) is 3.85. The van der Waals surface area contributed by atoms with E-state index in [1.807, 2.05) is 24.3 Å². The Bertz CT molecular complexity index is 352. The summed E-state index contributed by atoms with van der Waals surface area (Å²) in [5.41, 5.74) is 1.16. The fourth-order valence-electron chi connectivity index (χ4n) is 1.84. The van der Waals surface area contributed by atoms with Crippen molar-refractivity contribution < 1.29 is 5.11 Å².